The fourth-order valence-corrected chi connectivity index (χ4v) is 1.65. The van der Waals surface area contributed by atoms with Gasteiger partial charge in [-0.25, -0.2) is 0 Å². The third-order valence-electron chi connectivity index (χ3n) is 2.29. The summed E-state index contributed by atoms with van der Waals surface area (Å²) in [4.78, 5) is 0. The van der Waals surface area contributed by atoms with Gasteiger partial charge >= 0.3 is 0 Å². The predicted molar refractivity (Wildman–Crippen MR) is 67.7 cm³/mol. The van der Waals surface area contributed by atoms with Crippen molar-refractivity contribution < 1.29 is 0 Å². The third kappa shape index (κ3) is 2.23. The number of halogens is 1. The third-order valence-corrected chi connectivity index (χ3v) is 2.55. The SMILES string of the molecule is N/N=C(/c1ccccc1)c1ccc(Cl)cc1. The molecule has 0 radical (unpaired) electrons. The molecule has 0 heterocycles. The van der Waals surface area contributed by atoms with E-state index in [1.807, 2.05) is 54.6 Å². The maximum Gasteiger partial charge on any atom is 0.0971 e. The molecule has 0 atom stereocenters. The van der Waals surface area contributed by atoms with Crippen molar-refractivity contribution in [3.63, 3.8) is 0 Å². The van der Waals surface area contributed by atoms with Crippen LogP contribution in [0, 0.1) is 0 Å². The van der Waals surface area contributed by atoms with Crippen LogP contribution in [0.15, 0.2) is 59.7 Å². The summed E-state index contributed by atoms with van der Waals surface area (Å²) in [7, 11) is 0. The zero-order valence-electron chi connectivity index (χ0n) is 8.60. The van der Waals surface area contributed by atoms with Gasteiger partial charge in [-0.05, 0) is 12.1 Å². The highest BCUT2D eigenvalue weighted by Crippen LogP contribution is 2.14. The molecule has 2 rings (SSSR count). The molecule has 0 fully saturated rings. The Kier molecular flexibility index (Phi) is 3.22. The average Bonchev–Trinajstić information content (AvgIpc) is 2.34. The largest absolute Gasteiger partial charge is 0.323 e. The van der Waals surface area contributed by atoms with Gasteiger partial charge in [0.15, 0.2) is 0 Å². The fourth-order valence-electron chi connectivity index (χ4n) is 1.52. The van der Waals surface area contributed by atoms with E-state index in [0.717, 1.165) is 16.8 Å². The lowest BCUT2D eigenvalue weighted by atomic mass is 10.0. The second-order valence-corrected chi connectivity index (χ2v) is 3.79. The van der Waals surface area contributed by atoms with Gasteiger partial charge in [-0.3, -0.25) is 0 Å². The Balaban J connectivity index is 2.42. The van der Waals surface area contributed by atoms with E-state index < -0.39 is 0 Å². The predicted octanol–water partition coefficient (Wildman–Crippen LogP) is 3.05. The van der Waals surface area contributed by atoms with Crippen molar-refractivity contribution in [2.24, 2.45) is 10.9 Å². The van der Waals surface area contributed by atoms with Gasteiger partial charge in [-0.1, -0.05) is 54.1 Å². The van der Waals surface area contributed by atoms with E-state index in [0.29, 0.717) is 5.02 Å². The maximum absolute atomic E-state index is 5.83. The van der Waals surface area contributed by atoms with Gasteiger partial charge in [0.2, 0.25) is 0 Å². The molecule has 2 nitrogen and oxygen atoms in total. The lowest BCUT2D eigenvalue weighted by Gasteiger charge is -2.05. The molecule has 2 N–H and O–H groups in total. The summed E-state index contributed by atoms with van der Waals surface area (Å²) < 4.78 is 0. The fraction of sp³-hybridized carbons (Fsp3) is 0. The molecule has 0 amide bonds. The Hall–Kier alpha value is -1.80. The van der Waals surface area contributed by atoms with Crippen molar-refractivity contribution in [2.75, 3.05) is 0 Å². The quantitative estimate of drug-likeness (QED) is 0.481. The first-order valence-electron chi connectivity index (χ1n) is 4.90. The molecule has 0 aliphatic carbocycles. The van der Waals surface area contributed by atoms with Crippen LogP contribution in [0.5, 0.6) is 0 Å². The van der Waals surface area contributed by atoms with Crippen LogP contribution >= 0.6 is 11.6 Å². The molecule has 2 aromatic rings. The van der Waals surface area contributed by atoms with Crippen LogP contribution in [-0.2, 0) is 0 Å². The van der Waals surface area contributed by atoms with Crippen molar-refractivity contribution in [3.05, 3.63) is 70.7 Å². The van der Waals surface area contributed by atoms with Crippen LogP contribution in [-0.4, -0.2) is 5.71 Å². The van der Waals surface area contributed by atoms with Crippen molar-refractivity contribution in [3.8, 4) is 0 Å². The van der Waals surface area contributed by atoms with E-state index in [-0.39, 0.29) is 0 Å². The molecular formula is C13H11ClN2. The van der Waals surface area contributed by atoms with E-state index >= 15 is 0 Å². The number of nitrogens with two attached hydrogens (primary N) is 1. The van der Waals surface area contributed by atoms with Crippen LogP contribution in [0.1, 0.15) is 11.1 Å². The second-order valence-electron chi connectivity index (χ2n) is 3.35. The number of hydrogen-bond acceptors (Lipinski definition) is 2. The van der Waals surface area contributed by atoms with Crippen LogP contribution in [0.25, 0.3) is 0 Å². The Morgan fingerprint density at radius 1 is 0.875 bits per heavy atom. The first-order chi connectivity index (χ1) is 7.81. The lowest BCUT2D eigenvalue weighted by Crippen LogP contribution is -2.05. The number of benzene rings is 2. The average molecular weight is 231 g/mol. The van der Waals surface area contributed by atoms with E-state index in [1.165, 1.54) is 0 Å². The zero-order chi connectivity index (χ0) is 11.4. The van der Waals surface area contributed by atoms with Gasteiger partial charge < -0.3 is 5.84 Å². The summed E-state index contributed by atoms with van der Waals surface area (Å²) in [5.41, 5.74) is 2.71. The molecule has 80 valence electrons. The van der Waals surface area contributed by atoms with Gasteiger partial charge in [0.1, 0.15) is 0 Å². The highest BCUT2D eigenvalue weighted by Gasteiger charge is 2.05. The number of rotatable bonds is 2. The van der Waals surface area contributed by atoms with Gasteiger partial charge in [-0.2, -0.15) is 5.10 Å². The van der Waals surface area contributed by atoms with E-state index in [4.69, 9.17) is 17.4 Å². The van der Waals surface area contributed by atoms with Crippen LogP contribution in [0.2, 0.25) is 5.02 Å². The summed E-state index contributed by atoms with van der Waals surface area (Å²) in [6.07, 6.45) is 0. The standard InChI is InChI=1S/C13H11ClN2/c14-12-8-6-11(7-9-12)13(16-15)10-4-2-1-3-5-10/h1-9H,15H2/b16-13-. The highest BCUT2D eigenvalue weighted by atomic mass is 35.5. The molecule has 0 saturated carbocycles. The first-order valence-corrected chi connectivity index (χ1v) is 5.28. The molecule has 0 bridgehead atoms. The summed E-state index contributed by atoms with van der Waals surface area (Å²) in [6, 6.07) is 17.3. The van der Waals surface area contributed by atoms with Gasteiger partial charge in [0, 0.05) is 16.1 Å². The monoisotopic (exact) mass is 230 g/mol. The molecule has 0 saturated heterocycles. The topological polar surface area (TPSA) is 38.4 Å². The normalized spacial score (nSPS) is 11.4. The molecule has 0 aromatic heterocycles. The minimum Gasteiger partial charge on any atom is -0.323 e. The smallest absolute Gasteiger partial charge is 0.0971 e. The van der Waals surface area contributed by atoms with E-state index in [1.54, 1.807) is 0 Å². The summed E-state index contributed by atoms with van der Waals surface area (Å²) in [5, 5.41) is 4.53. The van der Waals surface area contributed by atoms with Gasteiger partial charge in [0.25, 0.3) is 0 Å². The Morgan fingerprint density at radius 3 is 2.00 bits per heavy atom. The van der Waals surface area contributed by atoms with E-state index in [9.17, 15) is 0 Å². The number of nitrogens with zero attached hydrogens (tertiary/aromatic N) is 1. The van der Waals surface area contributed by atoms with E-state index in [2.05, 4.69) is 5.10 Å². The molecule has 0 aliphatic heterocycles. The molecular weight excluding hydrogens is 220 g/mol. The molecule has 16 heavy (non-hydrogen) atoms. The summed E-state index contributed by atoms with van der Waals surface area (Å²) >= 11 is 5.83. The van der Waals surface area contributed by atoms with Crippen molar-refractivity contribution in [2.45, 2.75) is 0 Å². The number of hydrazone groups is 1. The Bertz CT molecular complexity index is 489. The zero-order valence-corrected chi connectivity index (χ0v) is 9.35. The van der Waals surface area contributed by atoms with Gasteiger partial charge in [-0.15, -0.1) is 0 Å². The van der Waals surface area contributed by atoms with Crippen molar-refractivity contribution in [1.29, 1.82) is 0 Å². The molecule has 0 spiro atoms. The van der Waals surface area contributed by atoms with Crippen LogP contribution in [0.4, 0.5) is 0 Å². The van der Waals surface area contributed by atoms with Crippen molar-refractivity contribution >= 4 is 17.3 Å². The maximum atomic E-state index is 5.83. The van der Waals surface area contributed by atoms with Gasteiger partial charge in [0.05, 0.1) is 5.71 Å². The summed E-state index contributed by atoms with van der Waals surface area (Å²) in [5.74, 6) is 5.43. The molecule has 0 aliphatic rings. The molecule has 0 unspecified atom stereocenters. The minimum absolute atomic E-state index is 0.702. The minimum atomic E-state index is 0.702. The van der Waals surface area contributed by atoms with Crippen LogP contribution in [0.3, 0.4) is 0 Å². The number of hydrogen-bond donors (Lipinski definition) is 1. The lowest BCUT2D eigenvalue weighted by molar-refractivity contribution is 1.24. The molecule has 2 aromatic carbocycles. The van der Waals surface area contributed by atoms with Crippen molar-refractivity contribution in [1.82, 2.24) is 0 Å². The molecule has 3 heteroatoms. The second kappa shape index (κ2) is 4.81. The summed E-state index contributed by atoms with van der Waals surface area (Å²) in [6.45, 7) is 0. The van der Waals surface area contributed by atoms with Crippen LogP contribution < -0.4 is 5.84 Å². The highest BCUT2D eigenvalue weighted by molar-refractivity contribution is 6.30. The first kappa shape index (κ1) is 10.7. The Morgan fingerprint density at radius 2 is 1.44 bits per heavy atom. The Labute approximate surface area is 99.4 Å².